The molecule has 0 amide bonds. The zero-order chi connectivity index (χ0) is 14.3. The van der Waals surface area contributed by atoms with Crippen LogP contribution in [-0.2, 0) is 9.47 Å². The molecule has 1 aromatic carbocycles. The van der Waals surface area contributed by atoms with Crippen LogP contribution in [-0.4, -0.2) is 34.5 Å². The van der Waals surface area contributed by atoms with E-state index in [1.807, 2.05) is 13.8 Å². The highest BCUT2D eigenvalue weighted by atomic mass is 16.7. The van der Waals surface area contributed by atoms with E-state index in [2.05, 4.69) is 0 Å². The van der Waals surface area contributed by atoms with Gasteiger partial charge in [0.05, 0.1) is 26.9 Å². The van der Waals surface area contributed by atoms with E-state index in [1.54, 1.807) is 33.5 Å². The topological polar surface area (TPSA) is 46.2 Å². The Hall–Kier alpha value is -1.46. The van der Waals surface area contributed by atoms with Gasteiger partial charge in [0.2, 0.25) is 0 Å². The zero-order valence-electron chi connectivity index (χ0n) is 12.2. The van der Waals surface area contributed by atoms with Gasteiger partial charge in [-0.15, -0.1) is 0 Å². The average molecular weight is 270 g/mol. The van der Waals surface area contributed by atoms with E-state index in [0.29, 0.717) is 30.5 Å². The molecular formula is C14H22O5. The Morgan fingerprint density at radius 3 is 1.63 bits per heavy atom. The lowest BCUT2D eigenvalue weighted by atomic mass is 10.1. The van der Waals surface area contributed by atoms with Crippen LogP contribution in [0.2, 0.25) is 0 Å². The first kappa shape index (κ1) is 15.6. The molecule has 0 heterocycles. The molecule has 0 atom stereocenters. The second-order valence-corrected chi connectivity index (χ2v) is 3.69. The van der Waals surface area contributed by atoms with Gasteiger partial charge in [-0.25, -0.2) is 0 Å². The number of benzene rings is 1. The van der Waals surface area contributed by atoms with Crippen LogP contribution in [0.5, 0.6) is 17.2 Å². The van der Waals surface area contributed by atoms with Crippen molar-refractivity contribution >= 4 is 0 Å². The van der Waals surface area contributed by atoms with Gasteiger partial charge in [-0.1, -0.05) is 0 Å². The van der Waals surface area contributed by atoms with E-state index in [0.717, 1.165) is 5.56 Å². The van der Waals surface area contributed by atoms with Crippen molar-refractivity contribution < 1.29 is 23.7 Å². The average Bonchev–Trinajstić information content (AvgIpc) is 2.45. The van der Waals surface area contributed by atoms with Crippen molar-refractivity contribution in [2.75, 3.05) is 34.5 Å². The Bertz CT molecular complexity index is 360. The van der Waals surface area contributed by atoms with Gasteiger partial charge in [-0.2, -0.15) is 0 Å². The summed E-state index contributed by atoms with van der Waals surface area (Å²) >= 11 is 0. The van der Waals surface area contributed by atoms with Crippen LogP contribution in [0.1, 0.15) is 25.7 Å². The normalized spacial score (nSPS) is 10.6. The zero-order valence-corrected chi connectivity index (χ0v) is 12.2. The van der Waals surface area contributed by atoms with E-state index in [-0.39, 0.29) is 0 Å². The summed E-state index contributed by atoms with van der Waals surface area (Å²) in [7, 11) is 4.77. The summed E-state index contributed by atoms with van der Waals surface area (Å²) in [5.41, 5.74) is 0.731. The summed E-state index contributed by atoms with van der Waals surface area (Å²) in [5, 5.41) is 0. The third kappa shape index (κ3) is 3.75. The van der Waals surface area contributed by atoms with Gasteiger partial charge in [-0.3, -0.25) is 0 Å². The smallest absolute Gasteiger partial charge is 0.190 e. The Morgan fingerprint density at radius 2 is 1.32 bits per heavy atom. The molecule has 0 fully saturated rings. The number of hydrogen-bond acceptors (Lipinski definition) is 5. The Morgan fingerprint density at radius 1 is 0.842 bits per heavy atom. The van der Waals surface area contributed by atoms with Crippen molar-refractivity contribution in [2.45, 2.75) is 20.1 Å². The van der Waals surface area contributed by atoms with Gasteiger partial charge in [-0.05, 0) is 13.8 Å². The van der Waals surface area contributed by atoms with Crippen LogP contribution in [0.3, 0.4) is 0 Å². The maximum atomic E-state index is 5.60. The molecule has 0 radical (unpaired) electrons. The van der Waals surface area contributed by atoms with Gasteiger partial charge < -0.3 is 23.7 Å². The van der Waals surface area contributed by atoms with Gasteiger partial charge in [0, 0.05) is 25.3 Å². The molecule has 1 aromatic rings. The molecule has 108 valence electrons. The molecule has 0 aromatic heterocycles. The van der Waals surface area contributed by atoms with Gasteiger partial charge in [0.15, 0.2) is 6.29 Å². The Labute approximate surface area is 114 Å². The van der Waals surface area contributed by atoms with Crippen LogP contribution >= 0.6 is 0 Å². The molecular weight excluding hydrogens is 248 g/mol. The predicted molar refractivity (Wildman–Crippen MR) is 72.1 cm³/mol. The van der Waals surface area contributed by atoms with Crippen LogP contribution < -0.4 is 14.2 Å². The first-order chi connectivity index (χ1) is 9.21. The monoisotopic (exact) mass is 270 g/mol. The van der Waals surface area contributed by atoms with Crippen LogP contribution in [0.25, 0.3) is 0 Å². The molecule has 0 aliphatic carbocycles. The molecule has 5 heteroatoms. The van der Waals surface area contributed by atoms with E-state index < -0.39 is 6.29 Å². The molecule has 5 nitrogen and oxygen atoms in total. The van der Waals surface area contributed by atoms with E-state index in [1.165, 1.54) is 0 Å². The van der Waals surface area contributed by atoms with E-state index in [9.17, 15) is 0 Å². The molecule has 0 N–H and O–H groups in total. The minimum Gasteiger partial charge on any atom is -0.496 e. The third-order valence-corrected chi connectivity index (χ3v) is 2.62. The fourth-order valence-electron chi connectivity index (χ4n) is 1.78. The molecule has 0 spiro atoms. The largest absolute Gasteiger partial charge is 0.496 e. The third-order valence-electron chi connectivity index (χ3n) is 2.62. The second-order valence-electron chi connectivity index (χ2n) is 3.69. The highest BCUT2D eigenvalue weighted by Gasteiger charge is 2.23. The first-order valence-corrected chi connectivity index (χ1v) is 6.24. The van der Waals surface area contributed by atoms with Crippen LogP contribution in [0.15, 0.2) is 12.1 Å². The minimum atomic E-state index is -0.522. The number of rotatable bonds is 8. The van der Waals surface area contributed by atoms with Gasteiger partial charge in [0.1, 0.15) is 17.2 Å². The number of ether oxygens (including phenoxy) is 5. The molecule has 0 bridgehead atoms. The maximum Gasteiger partial charge on any atom is 0.190 e. The van der Waals surface area contributed by atoms with Crippen molar-refractivity contribution in [3.8, 4) is 17.2 Å². The summed E-state index contributed by atoms with van der Waals surface area (Å²) in [6.07, 6.45) is -0.522. The summed E-state index contributed by atoms with van der Waals surface area (Å²) in [4.78, 5) is 0. The van der Waals surface area contributed by atoms with Crippen molar-refractivity contribution in [1.82, 2.24) is 0 Å². The fourth-order valence-corrected chi connectivity index (χ4v) is 1.78. The summed E-state index contributed by atoms with van der Waals surface area (Å²) < 4.78 is 27.2. The molecule has 0 aliphatic rings. The molecule has 0 saturated carbocycles. The van der Waals surface area contributed by atoms with Gasteiger partial charge >= 0.3 is 0 Å². The van der Waals surface area contributed by atoms with Crippen molar-refractivity contribution in [2.24, 2.45) is 0 Å². The summed E-state index contributed by atoms with van der Waals surface area (Å²) in [6.45, 7) is 4.88. The molecule has 0 unspecified atom stereocenters. The predicted octanol–water partition coefficient (Wildman–Crippen LogP) is 2.78. The molecule has 1 rings (SSSR count). The van der Waals surface area contributed by atoms with Crippen molar-refractivity contribution in [1.29, 1.82) is 0 Å². The van der Waals surface area contributed by atoms with Crippen molar-refractivity contribution in [3.05, 3.63) is 17.7 Å². The highest BCUT2D eigenvalue weighted by molar-refractivity contribution is 5.51. The Kier molecular flexibility index (Phi) is 6.45. The Balaban J connectivity index is 3.27. The number of hydrogen-bond donors (Lipinski definition) is 0. The lowest BCUT2D eigenvalue weighted by Crippen LogP contribution is -2.12. The lowest BCUT2D eigenvalue weighted by molar-refractivity contribution is -0.141. The standard InChI is InChI=1S/C14H22O5/c1-6-18-14(19-7-2)13-11(16-4)8-10(15-3)9-12(13)17-5/h8-9,14H,6-7H2,1-5H3. The second kappa shape index (κ2) is 7.86. The van der Waals surface area contributed by atoms with Gasteiger partial charge in [0.25, 0.3) is 0 Å². The molecule has 19 heavy (non-hydrogen) atoms. The summed E-state index contributed by atoms with van der Waals surface area (Å²) in [6, 6.07) is 3.56. The van der Waals surface area contributed by atoms with E-state index in [4.69, 9.17) is 23.7 Å². The summed E-state index contributed by atoms with van der Waals surface area (Å²) in [5.74, 6) is 1.88. The number of methoxy groups -OCH3 is 3. The lowest BCUT2D eigenvalue weighted by Gasteiger charge is -2.22. The van der Waals surface area contributed by atoms with Crippen LogP contribution in [0, 0.1) is 0 Å². The maximum absolute atomic E-state index is 5.60. The van der Waals surface area contributed by atoms with E-state index >= 15 is 0 Å². The highest BCUT2D eigenvalue weighted by Crippen LogP contribution is 2.40. The SMILES string of the molecule is CCOC(OCC)c1c(OC)cc(OC)cc1OC. The van der Waals surface area contributed by atoms with Crippen LogP contribution in [0.4, 0.5) is 0 Å². The quantitative estimate of drug-likeness (QED) is 0.680. The minimum absolute atomic E-state index is 0.522. The molecule has 0 aliphatic heterocycles. The fraction of sp³-hybridized carbons (Fsp3) is 0.571. The first-order valence-electron chi connectivity index (χ1n) is 6.24. The molecule has 0 saturated heterocycles. The van der Waals surface area contributed by atoms with Crippen molar-refractivity contribution in [3.63, 3.8) is 0 Å².